The average Bonchev–Trinajstić information content (AvgIpc) is 3.23. The molecule has 0 N–H and O–H groups in total. The Hall–Kier alpha value is -2.19. The zero-order chi connectivity index (χ0) is 17.3. The number of thiophene rings is 1. The lowest BCUT2D eigenvalue weighted by atomic mass is 10.1. The number of carbonyl (C=O) groups excluding carboxylic acids is 1. The summed E-state index contributed by atoms with van der Waals surface area (Å²) in [7, 11) is -2.56. The quantitative estimate of drug-likeness (QED) is 0.781. The van der Waals surface area contributed by atoms with Gasteiger partial charge in [0, 0.05) is 4.88 Å². The van der Waals surface area contributed by atoms with Crippen molar-refractivity contribution < 1.29 is 17.9 Å². The summed E-state index contributed by atoms with van der Waals surface area (Å²) in [6, 6.07) is 8.53. The third kappa shape index (κ3) is 2.83. The van der Waals surface area contributed by atoms with Crippen LogP contribution in [0.15, 0.2) is 51.7 Å². The van der Waals surface area contributed by atoms with Crippen molar-refractivity contribution >= 4 is 33.7 Å². The fourth-order valence-corrected chi connectivity index (χ4v) is 4.87. The Morgan fingerprint density at radius 2 is 1.96 bits per heavy atom. The molecule has 0 spiro atoms. The van der Waals surface area contributed by atoms with E-state index in [1.54, 1.807) is 30.3 Å². The van der Waals surface area contributed by atoms with E-state index in [9.17, 15) is 13.2 Å². The minimum atomic E-state index is -3.82. The van der Waals surface area contributed by atoms with E-state index in [1.807, 2.05) is 18.4 Å². The van der Waals surface area contributed by atoms with Gasteiger partial charge in [-0.05, 0) is 30.5 Å². The van der Waals surface area contributed by atoms with E-state index in [0.29, 0.717) is 0 Å². The Morgan fingerprint density at radius 3 is 2.54 bits per heavy atom. The lowest BCUT2D eigenvalue weighted by Gasteiger charge is -2.25. The summed E-state index contributed by atoms with van der Waals surface area (Å²) in [4.78, 5) is 17.0. The van der Waals surface area contributed by atoms with Crippen LogP contribution in [0.4, 0.5) is 0 Å². The van der Waals surface area contributed by atoms with Gasteiger partial charge in [-0.2, -0.15) is 0 Å². The molecule has 24 heavy (non-hydrogen) atoms. The first kappa shape index (κ1) is 16.7. The van der Waals surface area contributed by atoms with Crippen LogP contribution >= 0.6 is 11.3 Å². The second-order valence-corrected chi connectivity index (χ2v) is 8.16. The number of sulfonamides is 1. The molecule has 1 aliphatic heterocycles. The van der Waals surface area contributed by atoms with Crippen molar-refractivity contribution in [3.05, 3.63) is 52.2 Å². The summed E-state index contributed by atoms with van der Waals surface area (Å²) >= 11 is 1.38. The first-order chi connectivity index (χ1) is 11.4. The molecule has 0 aliphatic carbocycles. The van der Waals surface area contributed by atoms with Gasteiger partial charge in [-0.25, -0.2) is 17.5 Å². The van der Waals surface area contributed by atoms with Gasteiger partial charge in [0.2, 0.25) is 0 Å². The predicted octanol–water partition coefficient (Wildman–Crippen LogP) is 2.37. The van der Waals surface area contributed by atoms with Crippen LogP contribution in [0.3, 0.4) is 0 Å². The predicted molar refractivity (Wildman–Crippen MR) is 91.6 cm³/mol. The van der Waals surface area contributed by atoms with Crippen molar-refractivity contribution in [2.45, 2.75) is 23.9 Å². The van der Waals surface area contributed by atoms with E-state index in [4.69, 9.17) is 4.74 Å². The van der Waals surface area contributed by atoms with E-state index in [0.717, 1.165) is 14.7 Å². The fraction of sp³-hybridized carbons (Fsp3) is 0.250. The number of nitrogens with zero attached hydrogens (tertiary/aromatic N) is 2. The molecule has 0 bridgehead atoms. The molecule has 2 heterocycles. The monoisotopic (exact) mass is 364 g/mol. The first-order valence-electron chi connectivity index (χ1n) is 7.20. The smallest absolute Gasteiger partial charge is 0.333 e. The Bertz CT molecular complexity index is 858. The van der Waals surface area contributed by atoms with Gasteiger partial charge < -0.3 is 4.74 Å². The fourth-order valence-electron chi connectivity index (χ4n) is 2.52. The first-order valence-corrected chi connectivity index (χ1v) is 9.52. The summed E-state index contributed by atoms with van der Waals surface area (Å²) in [6.45, 7) is 1.88. The van der Waals surface area contributed by atoms with Gasteiger partial charge in [-0.1, -0.05) is 23.8 Å². The van der Waals surface area contributed by atoms with Gasteiger partial charge in [-0.15, -0.1) is 11.3 Å². The molecule has 0 radical (unpaired) electrons. The SMILES string of the molecule is COC(=O)[C@@H]1N=CN(S(=O)(=O)c2ccc(C)cc2)[C@H]1c1cccs1. The third-order valence-electron chi connectivity index (χ3n) is 3.79. The van der Waals surface area contributed by atoms with E-state index in [1.165, 1.54) is 24.8 Å². The molecule has 1 aliphatic rings. The largest absolute Gasteiger partial charge is 0.467 e. The highest BCUT2D eigenvalue weighted by Gasteiger charge is 2.44. The van der Waals surface area contributed by atoms with E-state index >= 15 is 0 Å². The topological polar surface area (TPSA) is 76.0 Å². The number of rotatable bonds is 4. The van der Waals surface area contributed by atoms with Crippen molar-refractivity contribution in [2.75, 3.05) is 7.11 Å². The maximum atomic E-state index is 13.0. The molecule has 0 saturated heterocycles. The molecule has 1 aromatic heterocycles. The Balaban J connectivity index is 2.04. The number of hydrogen-bond donors (Lipinski definition) is 0. The lowest BCUT2D eigenvalue weighted by Crippen LogP contribution is -2.36. The second-order valence-electron chi connectivity index (χ2n) is 5.34. The van der Waals surface area contributed by atoms with Crippen LogP contribution in [0.2, 0.25) is 0 Å². The number of aryl methyl sites for hydroxylation is 1. The molecule has 3 rings (SSSR count). The molecule has 0 unspecified atom stereocenters. The molecule has 2 aromatic rings. The molecular weight excluding hydrogens is 348 g/mol. The summed E-state index contributed by atoms with van der Waals surface area (Å²) < 4.78 is 31.9. The Labute approximate surface area is 144 Å². The van der Waals surface area contributed by atoms with Crippen LogP contribution in [0.25, 0.3) is 0 Å². The van der Waals surface area contributed by atoms with Gasteiger partial charge in [0.1, 0.15) is 12.4 Å². The van der Waals surface area contributed by atoms with Crippen molar-refractivity contribution in [1.29, 1.82) is 0 Å². The molecule has 2 atom stereocenters. The zero-order valence-corrected chi connectivity index (χ0v) is 14.8. The summed E-state index contributed by atoms with van der Waals surface area (Å²) in [6.07, 6.45) is 1.21. The van der Waals surface area contributed by atoms with Crippen LogP contribution in [0.5, 0.6) is 0 Å². The minimum Gasteiger partial charge on any atom is -0.467 e. The van der Waals surface area contributed by atoms with Crippen molar-refractivity contribution in [1.82, 2.24) is 4.31 Å². The Kier molecular flexibility index (Phi) is 4.42. The molecule has 0 amide bonds. The average molecular weight is 364 g/mol. The molecule has 0 saturated carbocycles. The van der Waals surface area contributed by atoms with Gasteiger partial charge in [0.05, 0.1) is 12.0 Å². The lowest BCUT2D eigenvalue weighted by molar-refractivity contribution is -0.142. The van der Waals surface area contributed by atoms with Gasteiger partial charge >= 0.3 is 5.97 Å². The number of carbonyl (C=O) groups is 1. The molecule has 6 nitrogen and oxygen atoms in total. The van der Waals surface area contributed by atoms with E-state index in [-0.39, 0.29) is 4.90 Å². The number of aliphatic imine (C=N–C) groups is 1. The van der Waals surface area contributed by atoms with Crippen molar-refractivity contribution in [2.24, 2.45) is 4.99 Å². The maximum Gasteiger partial charge on any atom is 0.333 e. The van der Waals surface area contributed by atoms with Crippen LogP contribution in [0.1, 0.15) is 16.5 Å². The summed E-state index contributed by atoms with van der Waals surface area (Å²) in [5, 5.41) is 1.83. The van der Waals surface area contributed by atoms with Gasteiger partial charge in [0.15, 0.2) is 6.04 Å². The normalized spacial score (nSPS) is 20.3. The van der Waals surface area contributed by atoms with Crippen molar-refractivity contribution in [3.63, 3.8) is 0 Å². The van der Waals surface area contributed by atoms with E-state index in [2.05, 4.69) is 4.99 Å². The van der Waals surface area contributed by atoms with Gasteiger partial charge in [-0.3, -0.25) is 4.99 Å². The van der Waals surface area contributed by atoms with Crippen LogP contribution < -0.4 is 0 Å². The molecule has 126 valence electrons. The summed E-state index contributed by atoms with van der Waals surface area (Å²) in [5.41, 5.74) is 0.964. The highest BCUT2D eigenvalue weighted by molar-refractivity contribution is 7.89. The zero-order valence-electron chi connectivity index (χ0n) is 13.1. The number of methoxy groups -OCH3 is 1. The van der Waals surface area contributed by atoms with Crippen LogP contribution in [-0.4, -0.2) is 38.2 Å². The number of ether oxygens (including phenoxy) is 1. The highest BCUT2D eigenvalue weighted by Crippen LogP contribution is 2.37. The number of esters is 1. The maximum absolute atomic E-state index is 13.0. The summed E-state index contributed by atoms with van der Waals surface area (Å²) in [5.74, 6) is -0.564. The third-order valence-corrected chi connectivity index (χ3v) is 6.48. The van der Waals surface area contributed by atoms with Crippen LogP contribution in [-0.2, 0) is 19.6 Å². The number of benzene rings is 1. The molecular formula is C16H16N2O4S2. The minimum absolute atomic E-state index is 0.159. The second kappa shape index (κ2) is 6.37. The molecule has 0 fully saturated rings. The number of hydrogen-bond acceptors (Lipinski definition) is 6. The molecule has 8 heteroatoms. The van der Waals surface area contributed by atoms with Crippen LogP contribution in [0, 0.1) is 6.92 Å². The standard InChI is InChI=1S/C16H16N2O4S2/c1-11-5-7-12(8-6-11)24(20,21)18-10-17-14(16(19)22-2)15(18)13-4-3-9-23-13/h3-10,14-15H,1-2H3/t14-,15+/m1/s1. The Morgan fingerprint density at radius 1 is 1.25 bits per heavy atom. The van der Waals surface area contributed by atoms with Crippen molar-refractivity contribution in [3.8, 4) is 0 Å². The highest BCUT2D eigenvalue weighted by atomic mass is 32.2. The van der Waals surface area contributed by atoms with E-state index < -0.39 is 28.1 Å². The van der Waals surface area contributed by atoms with Gasteiger partial charge in [0.25, 0.3) is 10.0 Å². The molecule has 1 aromatic carbocycles.